The summed E-state index contributed by atoms with van der Waals surface area (Å²) in [4.78, 5) is 12.7. The Balaban J connectivity index is 1.76. The summed E-state index contributed by atoms with van der Waals surface area (Å²) in [6, 6.07) is 22.8. The van der Waals surface area contributed by atoms with Gasteiger partial charge in [0.05, 0.1) is 16.1 Å². The summed E-state index contributed by atoms with van der Waals surface area (Å²) in [5.41, 5.74) is 12.5. The molecule has 128 valence electrons. The van der Waals surface area contributed by atoms with Crippen molar-refractivity contribution in [1.82, 2.24) is 4.68 Å². The minimum absolute atomic E-state index is 0.296. The molecule has 0 saturated carbocycles. The van der Waals surface area contributed by atoms with Gasteiger partial charge in [0.15, 0.2) is 0 Å². The van der Waals surface area contributed by atoms with Gasteiger partial charge in [-0.3, -0.25) is 14.9 Å². The number of rotatable bonds is 3. The van der Waals surface area contributed by atoms with E-state index in [2.05, 4.69) is 5.43 Å². The van der Waals surface area contributed by atoms with Gasteiger partial charge in [-0.2, -0.15) is 0 Å². The topological polar surface area (TPSA) is 60.1 Å². The largest absolute Gasteiger partial charge is 0.399 e. The minimum Gasteiger partial charge on any atom is -0.399 e. The molecule has 1 amide bonds. The van der Waals surface area contributed by atoms with Gasteiger partial charge in [-0.1, -0.05) is 60.1 Å². The zero-order chi connectivity index (χ0) is 18.1. The Labute approximate surface area is 155 Å². The van der Waals surface area contributed by atoms with Crippen LogP contribution in [0.15, 0.2) is 79.0 Å². The van der Waals surface area contributed by atoms with Crippen molar-refractivity contribution in [2.75, 3.05) is 11.2 Å². The third-order valence-corrected chi connectivity index (χ3v) is 4.57. The Morgan fingerprint density at radius 1 is 0.962 bits per heavy atom. The molecule has 0 saturated heterocycles. The van der Waals surface area contributed by atoms with E-state index in [1.54, 1.807) is 22.9 Å². The number of benzene rings is 3. The van der Waals surface area contributed by atoms with Crippen LogP contribution < -0.4 is 11.2 Å². The molecule has 3 N–H and O–H groups in total. The Bertz CT molecular complexity index is 1100. The van der Waals surface area contributed by atoms with Gasteiger partial charge in [-0.05, 0) is 29.8 Å². The number of nitrogen functional groups attached to an aromatic ring is 1. The molecule has 0 atom stereocenters. The maximum atomic E-state index is 12.7. The first-order chi connectivity index (χ1) is 12.6. The standard InChI is InChI=1S/C21H16ClN3O/c22-19-12-15(23)10-11-17(19)21(26)24-25-13-18(14-6-2-1-3-7-14)16-8-4-5-9-20(16)25/h1-13H,23H2,(H,24,26). The molecule has 3 aromatic carbocycles. The van der Waals surface area contributed by atoms with Crippen LogP contribution in [0.1, 0.15) is 10.4 Å². The van der Waals surface area contributed by atoms with Crippen LogP contribution in [-0.4, -0.2) is 10.6 Å². The second-order valence-electron chi connectivity index (χ2n) is 5.98. The van der Waals surface area contributed by atoms with Crippen LogP contribution in [-0.2, 0) is 0 Å². The fourth-order valence-corrected chi connectivity index (χ4v) is 3.28. The van der Waals surface area contributed by atoms with Crippen LogP contribution >= 0.6 is 11.6 Å². The number of nitrogens with zero attached hydrogens (tertiary/aromatic N) is 1. The number of halogens is 1. The highest BCUT2D eigenvalue weighted by Gasteiger charge is 2.14. The van der Waals surface area contributed by atoms with Crippen molar-refractivity contribution in [3.05, 3.63) is 89.6 Å². The van der Waals surface area contributed by atoms with E-state index in [1.165, 1.54) is 0 Å². The fraction of sp³-hybridized carbons (Fsp3) is 0. The second-order valence-corrected chi connectivity index (χ2v) is 6.38. The number of nitrogens with two attached hydrogens (primary N) is 1. The molecule has 0 unspecified atom stereocenters. The molecule has 1 aromatic heterocycles. The van der Waals surface area contributed by atoms with Crippen molar-refractivity contribution in [3.8, 4) is 11.1 Å². The van der Waals surface area contributed by atoms with Gasteiger partial charge in [0.25, 0.3) is 5.91 Å². The highest BCUT2D eigenvalue weighted by Crippen LogP contribution is 2.30. The minimum atomic E-state index is -0.296. The van der Waals surface area contributed by atoms with Crippen molar-refractivity contribution < 1.29 is 4.79 Å². The number of para-hydroxylation sites is 1. The van der Waals surface area contributed by atoms with E-state index in [1.807, 2.05) is 60.8 Å². The summed E-state index contributed by atoms with van der Waals surface area (Å²) >= 11 is 6.16. The molecule has 4 aromatic rings. The first-order valence-electron chi connectivity index (χ1n) is 8.15. The number of hydrogen-bond donors (Lipinski definition) is 2. The summed E-state index contributed by atoms with van der Waals surface area (Å²) in [6.45, 7) is 0. The monoisotopic (exact) mass is 361 g/mol. The molecular weight excluding hydrogens is 346 g/mol. The SMILES string of the molecule is Nc1ccc(C(=O)Nn2cc(-c3ccccc3)c3ccccc32)c(Cl)c1. The number of anilines is 1. The van der Waals surface area contributed by atoms with Crippen LogP contribution in [0, 0.1) is 0 Å². The zero-order valence-corrected chi connectivity index (χ0v) is 14.6. The Hall–Kier alpha value is -3.24. The highest BCUT2D eigenvalue weighted by molar-refractivity contribution is 6.34. The zero-order valence-electron chi connectivity index (χ0n) is 13.8. The summed E-state index contributed by atoms with van der Waals surface area (Å²) in [7, 11) is 0. The van der Waals surface area contributed by atoms with Crippen LogP contribution in [0.5, 0.6) is 0 Å². The summed E-state index contributed by atoms with van der Waals surface area (Å²) in [5.74, 6) is -0.296. The third-order valence-electron chi connectivity index (χ3n) is 4.26. The number of carbonyl (C=O) groups excluding carboxylic acids is 1. The van der Waals surface area contributed by atoms with Crippen molar-refractivity contribution in [2.24, 2.45) is 0 Å². The molecule has 0 spiro atoms. The average molecular weight is 362 g/mol. The van der Waals surface area contributed by atoms with E-state index < -0.39 is 0 Å². The number of aromatic nitrogens is 1. The third kappa shape index (κ3) is 2.91. The molecule has 0 aliphatic carbocycles. The van der Waals surface area contributed by atoms with Gasteiger partial charge in [-0.15, -0.1) is 0 Å². The maximum Gasteiger partial charge on any atom is 0.271 e. The average Bonchev–Trinajstić information content (AvgIpc) is 3.01. The lowest BCUT2D eigenvalue weighted by Crippen LogP contribution is -2.22. The summed E-state index contributed by atoms with van der Waals surface area (Å²) in [6.07, 6.45) is 1.92. The van der Waals surface area contributed by atoms with Gasteiger partial charge in [0.2, 0.25) is 0 Å². The van der Waals surface area contributed by atoms with Gasteiger partial charge < -0.3 is 5.73 Å². The van der Waals surface area contributed by atoms with Crippen LogP contribution in [0.2, 0.25) is 5.02 Å². The lowest BCUT2D eigenvalue weighted by atomic mass is 10.1. The van der Waals surface area contributed by atoms with Crippen LogP contribution in [0.3, 0.4) is 0 Å². The van der Waals surface area contributed by atoms with Gasteiger partial charge in [0.1, 0.15) is 0 Å². The molecule has 0 bridgehead atoms. The summed E-state index contributed by atoms with van der Waals surface area (Å²) < 4.78 is 1.73. The number of nitrogens with one attached hydrogen (secondary N) is 1. The molecule has 1 heterocycles. The van der Waals surface area contributed by atoms with Crippen LogP contribution in [0.4, 0.5) is 5.69 Å². The lowest BCUT2D eigenvalue weighted by Gasteiger charge is -2.09. The van der Waals surface area contributed by atoms with Gasteiger partial charge >= 0.3 is 0 Å². The van der Waals surface area contributed by atoms with Crippen molar-refractivity contribution in [2.45, 2.75) is 0 Å². The first kappa shape index (κ1) is 16.2. The second kappa shape index (κ2) is 6.58. The maximum absolute atomic E-state index is 12.7. The van der Waals surface area contributed by atoms with Gasteiger partial charge in [-0.25, -0.2) is 0 Å². The van der Waals surface area contributed by atoms with E-state index in [0.29, 0.717) is 16.3 Å². The van der Waals surface area contributed by atoms with E-state index >= 15 is 0 Å². The Morgan fingerprint density at radius 2 is 1.69 bits per heavy atom. The molecule has 26 heavy (non-hydrogen) atoms. The molecule has 0 fully saturated rings. The number of hydrogen-bond acceptors (Lipinski definition) is 2. The molecule has 5 heteroatoms. The van der Waals surface area contributed by atoms with Crippen molar-refractivity contribution >= 4 is 34.1 Å². The quantitative estimate of drug-likeness (QED) is 0.508. The molecule has 0 aliphatic rings. The smallest absolute Gasteiger partial charge is 0.271 e. The predicted octanol–water partition coefficient (Wildman–Crippen LogP) is 4.93. The van der Waals surface area contributed by atoms with E-state index in [-0.39, 0.29) is 5.91 Å². The molecule has 0 radical (unpaired) electrons. The molecule has 4 nitrogen and oxygen atoms in total. The van der Waals surface area contributed by atoms with Crippen molar-refractivity contribution in [1.29, 1.82) is 0 Å². The molecular formula is C21H16ClN3O. The lowest BCUT2D eigenvalue weighted by molar-refractivity contribution is 0.101. The van der Waals surface area contributed by atoms with E-state index in [4.69, 9.17) is 17.3 Å². The number of amides is 1. The van der Waals surface area contributed by atoms with E-state index in [0.717, 1.165) is 22.0 Å². The van der Waals surface area contributed by atoms with E-state index in [9.17, 15) is 4.79 Å². The first-order valence-corrected chi connectivity index (χ1v) is 8.53. The van der Waals surface area contributed by atoms with Crippen molar-refractivity contribution in [3.63, 3.8) is 0 Å². The Kier molecular flexibility index (Phi) is 4.11. The summed E-state index contributed by atoms with van der Waals surface area (Å²) in [5, 5.41) is 1.38. The van der Waals surface area contributed by atoms with Gasteiger partial charge in [0, 0.05) is 22.8 Å². The Morgan fingerprint density at radius 3 is 2.46 bits per heavy atom. The fourth-order valence-electron chi connectivity index (χ4n) is 3.01. The molecule has 4 rings (SSSR count). The highest BCUT2D eigenvalue weighted by atomic mass is 35.5. The predicted molar refractivity (Wildman–Crippen MR) is 107 cm³/mol. The molecule has 0 aliphatic heterocycles. The van der Waals surface area contributed by atoms with Crippen LogP contribution in [0.25, 0.3) is 22.0 Å². The number of carbonyl (C=O) groups is 1. The normalized spacial score (nSPS) is 10.8. The number of fused-ring (bicyclic) bond motifs is 1.